The fourth-order valence-electron chi connectivity index (χ4n) is 2.41. The van der Waals surface area contributed by atoms with Gasteiger partial charge in [-0.15, -0.1) is 0 Å². The molecule has 30 heavy (non-hydrogen) atoms. The maximum Gasteiger partial charge on any atom is 0.273 e. The summed E-state index contributed by atoms with van der Waals surface area (Å²) in [6.07, 6.45) is 1.73. The zero-order valence-electron chi connectivity index (χ0n) is 17.4. The molecule has 0 fully saturated rings. The number of amides is 2. The van der Waals surface area contributed by atoms with E-state index in [2.05, 4.69) is 16.2 Å². The highest BCUT2D eigenvalue weighted by molar-refractivity contribution is 7.80. The minimum atomic E-state index is -0.428. The molecule has 2 aromatic carbocycles. The Morgan fingerprint density at radius 1 is 1.03 bits per heavy atom. The molecule has 0 aliphatic rings. The number of para-hydroxylation sites is 1. The van der Waals surface area contributed by atoms with Gasteiger partial charge in [-0.2, -0.15) is 0 Å². The molecule has 7 nitrogen and oxygen atoms in total. The smallest absolute Gasteiger partial charge is 0.273 e. The molecule has 0 aliphatic carbocycles. The van der Waals surface area contributed by atoms with Gasteiger partial charge in [-0.25, -0.2) is 0 Å². The zero-order chi connectivity index (χ0) is 21.9. The minimum Gasteiger partial charge on any atom is -0.493 e. The van der Waals surface area contributed by atoms with Crippen molar-refractivity contribution in [1.29, 1.82) is 0 Å². The summed E-state index contributed by atoms with van der Waals surface area (Å²) in [5.74, 6) is 0.241. The minimum absolute atomic E-state index is 0.0337. The zero-order valence-corrected chi connectivity index (χ0v) is 18.2. The standard InChI is InChI=1S/C22H27N3O4S/c1-4-13-28-19-12-7-6-11-18(19)21(27)24-25-22(30)23-20(26)16-9-8-10-17(14-16)29-15(3)5-2/h6-12,14-15H,4-5,13H2,1-3H3,(H,24,27)(H2,23,25,26,30). The Hall–Kier alpha value is -3.13. The molecule has 0 radical (unpaired) electrons. The first kappa shape index (κ1) is 23.2. The average Bonchev–Trinajstić information content (AvgIpc) is 2.76. The first-order valence-corrected chi connectivity index (χ1v) is 10.3. The van der Waals surface area contributed by atoms with E-state index in [-0.39, 0.29) is 11.2 Å². The van der Waals surface area contributed by atoms with Crippen LogP contribution in [0.1, 0.15) is 54.3 Å². The number of hydrogen-bond acceptors (Lipinski definition) is 5. The Morgan fingerprint density at radius 2 is 1.80 bits per heavy atom. The summed E-state index contributed by atoms with van der Waals surface area (Å²) in [7, 11) is 0. The fraction of sp³-hybridized carbons (Fsp3) is 0.318. The molecule has 0 saturated heterocycles. The van der Waals surface area contributed by atoms with Crippen molar-refractivity contribution in [3.8, 4) is 11.5 Å². The van der Waals surface area contributed by atoms with E-state index in [0.29, 0.717) is 29.2 Å². The third-order valence-corrected chi connectivity index (χ3v) is 4.32. The highest BCUT2D eigenvalue weighted by Gasteiger charge is 2.14. The largest absolute Gasteiger partial charge is 0.493 e. The van der Waals surface area contributed by atoms with Crippen molar-refractivity contribution >= 4 is 29.1 Å². The van der Waals surface area contributed by atoms with E-state index in [0.717, 1.165) is 12.8 Å². The second-order valence-electron chi connectivity index (χ2n) is 6.57. The number of thiocarbonyl (C=S) groups is 1. The molecule has 0 aromatic heterocycles. The van der Waals surface area contributed by atoms with Gasteiger partial charge in [0.15, 0.2) is 5.11 Å². The summed E-state index contributed by atoms with van der Waals surface area (Å²) in [4.78, 5) is 24.8. The van der Waals surface area contributed by atoms with E-state index in [1.165, 1.54) is 0 Å². The number of ether oxygens (including phenoxy) is 2. The van der Waals surface area contributed by atoms with E-state index in [1.807, 2.05) is 20.8 Å². The van der Waals surface area contributed by atoms with Crippen LogP contribution in [-0.4, -0.2) is 29.6 Å². The molecule has 0 aliphatic heterocycles. The van der Waals surface area contributed by atoms with Crippen LogP contribution in [0.2, 0.25) is 0 Å². The number of hydrazine groups is 1. The summed E-state index contributed by atoms with van der Waals surface area (Å²) in [6, 6.07) is 13.7. The highest BCUT2D eigenvalue weighted by atomic mass is 32.1. The molecule has 1 unspecified atom stereocenters. The summed E-state index contributed by atoms with van der Waals surface area (Å²) in [5, 5.41) is 2.49. The molecule has 2 amide bonds. The fourth-order valence-corrected chi connectivity index (χ4v) is 2.55. The van der Waals surface area contributed by atoms with E-state index >= 15 is 0 Å². The molecule has 2 rings (SSSR count). The SMILES string of the molecule is CCCOc1ccccc1C(=O)NNC(=S)NC(=O)c1cccc(OC(C)CC)c1. The summed E-state index contributed by atoms with van der Waals surface area (Å²) >= 11 is 5.10. The van der Waals surface area contributed by atoms with Crippen LogP contribution in [0.3, 0.4) is 0 Å². The molecule has 8 heteroatoms. The predicted molar refractivity (Wildman–Crippen MR) is 120 cm³/mol. The van der Waals surface area contributed by atoms with Crippen LogP contribution in [0.5, 0.6) is 11.5 Å². The van der Waals surface area contributed by atoms with Crippen molar-refractivity contribution in [2.75, 3.05) is 6.61 Å². The maximum atomic E-state index is 12.4. The third-order valence-electron chi connectivity index (χ3n) is 4.12. The Labute approximate surface area is 182 Å². The van der Waals surface area contributed by atoms with Crippen LogP contribution >= 0.6 is 12.2 Å². The van der Waals surface area contributed by atoms with Gasteiger partial charge in [0.1, 0.15) is 11.5 Å². The first-order valence-electron chi connectivity index (χ1n) is 9.84. The molecule has 1 atom stereocenters. The van der Waals surface area contributed by atoms with E-state index in [4.69, 9.17) is 21.7 Å². The van der Waals surface area contributed by atoms with Gasteiger partial charge in [-0.1, -0.05) is 32.0 Å². The second kappa shape index (κ2) is 11.8. The van der Waals surface area contributed by atoms with Gasteiger partial charge in [-0.3, -0.25) is 25.8 Å². The van der Waals surface area contributed by atoms with Crippen molar-refractivity contribution < 1.29 is 19.1 Å². The Balaban J connectivity index is 1.91. The first-order chi connectivity index (χ1) is 14.4. The van der Waals surface area contributed by atoms with Crippen molar-refractivity contribution in [2.24, 2.45) is 0 Å². The van der Waals surface area contributed by atoms with Gasteiger partial charge < -0.3 is 9.47 Å². The molecular weight excluding hydrogens is 402 g/mol. The molecule has 3 N–H and O–H groups in total. The summed E-state index contributed by atoms with van der Waals surface area (Å²) in [5.41, 5.74) is 5.76. The van der Waals surface area contributed by atoms with Crippen LogP contribution < -0.4 is 25.6 Å². The average molecular weight is 430 g/mol. The quantitative estimate of drug-likeness (QED) is 0.439. The highest BCUT2D eigenvalue weighted by Crippen LogP contribution is 2.18. The third kappa shape index (κ3) is 7.04. The molecule has 0 bridgehead atoms. The lowest BCUT2D eigenvalue weighted by atomic mass is 10.2. The molecule has 0 saturated carbocycles. The number of benzene rings is 2. The maximum absolute atomic E-state index is 12.4. The van der Waals surface area contributed by atoms with Crippen molar-refractivity contribution in [3.05, 3.63) is 59.7 Å². The van der Waals surface area contributed by atoms with Gasteiger partial charge in [-0.05, 0) is 62.3 Å². The van der Waals surface area contributed by atoms with Crippen LogP contribution in [0, 0.1) is 0 Å². The lowest BCUT2D eigenvalue weighted by Gasteiger charge is -2.14. The molecule has 160 valence electrons. The van der Waals surface area contributed by atoms with E-state index in [1.54, 1.807) is 48.5 Å². The van der Waals surface area contributed by atoms with E-state index in [9.17, 15) is 9.59 Å². The molecule has 0 spiro atoms. The molecule has 2 aromatic rings. The van der Waals surface area contributed by atoms with Crippen LogP contribution in [-0.2, 0) is 0 Å². The number of rotatable bonds is 8. The van der Waals surface area contributed by atoms with Gasteiger partial charge in [0.05, 0.1) is 18.3 Å². The van der Waals surface area contributed by atoms with Gasteiger partial charge in [0.25, 0.3) is 11.8 Å². The number of carbonyl (C=O) groups excluding carboxylic acids is 2. The molecule has 0 heterocycles. The lowest BCUT2D eigenvalue weighted by molar-refractivity contribution is 0.0931. The Morgan fingerprint density at radius 3 is 2.53 bits per heavy atom. The van der Waals surface area contributed by atoms with Crippen molar-refractivity contribution in [3.63, 3.8) is 0 Å². The Kier molecular flexibility index (Phi) is 9.08. The van der Waals surface area contributed by atoms with Crippen LogP contribution in [0.4, 0.5) is 0 Å². The van der Waals surface area contributed by atoms with Gasteiger partial charge >= 0.3 is 0 Å². The normalized spacial score (nSPS) is 11.2. The van der Waals surface area contributed by atoms with Crippen LogP contribution in [0.25, 0.3) is 0 Å². The predicted octanol–water partition coefficient (Wildman–Crippen LogP) is 3.60. The van der Waals surface area contributed by atoms with Gasteiger partial charge in [0.2, 0.25) is 0 Å². The monoisotopic (exact) mass is 429 g/mol. The molecular formula is C22H27N3O4S. The number of nitrogens with one attached hydrogen (secondary N) is 3. The summed E-state index contributed by atoms with van der Waals surface area (Å²) < 4.78 is 11.3. The van der Waals surface area contributed by atoms with Crippen LogP contribution in [0.15, 0.2) is 48.5 Å². The van der Waals surface area contributed by atoms with Crippen molar-refractivity contribution in [1.82, 2.24) is 16.2 Å². The number of hydrogen-bond donors (Lipinski definition) is 3. The second-order valence-corrected chi connectivity index (χ2v) is 6.98. The topological polar surface area (TPSA) is 88.7 Å². The van der Waals surface area contributed by atoms with E-state index < -0.39 is 11.8 Å². The lowest BCUT2D eigenvalue weighted by Crippen LogP contribution is -2.48. The number of carbonyl (C=O) groups is 2. The van der Waals surface area contributed by atoms with Crippen molar-refractivity contribution in [2.45, 2.75) is 39.7 Å². The van der Waals surface area contributed by atoms with Gasteiger partial charge in [0, 0.05) is 5.56 Å². The Bertz CT molecular complexity index is 888. The summed E-state index contributed by atoms with van der Waals surface area (Å²) in [6.45, 7) is 6.47.